The minimum atomic E-state index is -0.976. The van der Waals surface area contributed by atoms with Gasteiger partial charge in [-0.2, -0.15) is 0 Å². The summed E-state index contributed by atoms with van der Waals surface area (Å²) in [5.74, 6) is -2.44. The second-order valence-corrected chi connectivity index (χ2v) is 8.63. The van der Waals surface area contributed by atoms with Crippen molar-refractivity contribution in [3.63, 3.8) is 0 Å². The zero-order chi connectivity index (χ0) is 25.9. The van der Waals surface area contributed by atoms with Gasteiger partial charge in [0.2, 0.25) is 5.75 Å². The van der Waals surface area contributed by atoms with Crippen molar-refractivity contribution in [1.29, 1.82) is 0 Å². The zero-order valence-corrected chi connectivity index (χ0v) is 21.3. The lowest BCUT2D eigenvalue weighted by Crippen LogP contribution is -2.43. The molecule has 9 nitrogen and oxygen atoms in total. The number of benzene rings is 1. The fraction of sp³-hybridized carbons (Fsp3) is 0.500. The maximum absolute atomic E-state index is 13.8. The van der Waals surface area contributed by atoms with Crippen LogP contribution in [-0.4, -0.2) is 52.8 Å². The van der Waals surface area contributed by atoms with Crippen molar-refractivity contribution in [2.45, 2.75) is 39.5 Å². The van der Waals surface area contributed by atoms with Gasteiger partial charge in [0.1, 0.15) is 5.92 Å². The molecule has 0 fully saturated rings. The van der Waals surface area contributed by atoms with Gasteiger partial charge in [-0.25, -0.2) is 4.79 Å². The first-order chi connectivity index (χ1) is 16.7. The summed E-state index contributed by atoms with van der Waals surface area (Å²) in [7, 11) is 5.74. The van der Waals surface area contributed by atoms with E-state index in [1.807, 2.05) is 13.8 Å². The molecule has 1 aliphatic heterocycles. The summed E-state index contributed by atoms with van der Waals surface area (Å²) in [6.45, 7) is 5.75. The number of ether oxygens (including phenoxy) is 5. The molecule has 1 aromatic carbocycles. The van der Waals surface area contributed by atoms with Gasteiger partial charge in [-0.15, -0.1) is 0 Å². The normalized spacial score (nSPS) is 21.7. The van der Waals surface area contributed by atoms with Crippen LogP contribution in [0.15, 0.2) is 34.7 Å². The fourth-order valence-electron chi connectivity index (χ4n) is 4.82. The van der Waals surface area contributed by atoms with E-state index in [4.69, 9.17) is 23.7 Å². The van der Waals surface area contributed by atoms with Crippen LogP contribution in [0.3, 0.4) is 0 Å². The molecule has 2 aliphatic rings. The Kier molecular flexibility index (Phi) is 8.09. The molecule has 1 aromatic rings. The number of Topliss-reactive ketones (excluding diaryl/α,β-unsaturated/α-hetero) is 1. The van der Waals surface area contributed by atoms with E-state index in [1.165, 1.54) is 28.4 Å². The van der Waals surface area contributed by atoms with Gasteiger partial charge >= 0.3 is 11.9 Å². The second kappa shape index (κ2) is 10.8. The van der Waals surface area contributed by atoms with Gasteiger partial charge in [0, 0.05) is 22.9 Å². The SMILES string of the molecule is CCCOC(=O)C1=C(C)NC2=C(C(=O)[C@H](C(=O)OC)[C@@H](C)C2)[C@@H]1c1cc(OC)c(OC)c(OC)c1. The van der Waals surface area contributed by atoms with Gasteiger partial charge < -0.3 is 29.0 Å². The average Bonchev–Trinajstić information content (AvgIpc) is 2.85. The summed E-state index contributed by atoms with van der Waals surface area (Å²) in [6, 6.07) is 3.42. The van der Waals surface area contributed by atoms with Crippen molar-refractivity contribution >= 4 is 17.7 Å². The third-order valence-corrected chi connectivity index (χ3v) is 6.42. The van der Waals surface area contributed by atoms with Crippen LogP contribution in [0, 0.1) is 11.8 Å². The highest BCUT2D eigenvalue weighted by atomic mass is 16.5. The first kappa shape index (κ1) is 26.1. The first-order valence-electron chi connectivity index (χ1n) is 11.5. The average molecular weight is 488 g/mol. The molecule has 0 radical (unpaired) electrons. The Balaban J connectivity index is 2.27. The van der Waals surface area contributed by atoms with Gasteiger partial charge in [-0.3, -0.25) is 9.59 Å². The Morgan fingerprint density at radius 2 is 1.69 bits per heavy atom. The highest BCUT2D eigenvalue weighted by Gasteiger charge is 2.47. The molecule has 0 saturated heterocycles. The molecule has 35 heavy (non-hydrogen) atoms. The third kappa shape index (κ3) is 4.72. The predicted molar refractivity (Wildman–Crippen MR) is 127 cm³/mol. The van der Waals surface area contributed by atoms with Crippen LogP contribution >= 0.6 is 0 Å². The standard InChI is InChI=1S/C26H33NO8/c1-8-9-35-26(30)20-14(3)27-16-10-13(2)19(25(29)34-7)23(28)22(16)21(20)15-11-17(31-4)24(33-6)18(12-15)32-5/h11-13,19,21,27H,8-10H2,1-7H3/t13-,19+,21+/m0/s1. The molecule has 190 valence electrons. The number of nitrogens with one attached hydrogen (secondary N) is 1. The van der Waals surface area contributed by atoms with Crippen molar-refractivity contribution in [2.75, 3.05) is 35.0 Å². The minimum absolute atomic E-state index is 0.235. The second-order valence-electron chi connectivity index (χ2n) is 8.63. The molecule has 1 heterocycles. The van der Waals surface area contributed by atoms with E-state index in [-0.39, 0.29) is 23.9 Å². The van der Waals surface area contributed by atoms with E-state index >= 15 is 0 Å². The van der Waals surface area contributed by atoms with Crippen molar-refractivity contribution < 1.29 is 38.1 Å². The number of allylic oxidation sites excluding steroid dienone is 3. The van der Waals surface area contributed by atoms with E-state index in [0.717, 1.165) is 0 Å². The molecule has 0 aromatic heterocycles. The number of hydrogen-bond donors (Lipinski definition) is 1. The first-order valence-corrected chi connectivity index (χ1v) is 11.5. The number of hydrogen-bond acceptors (Lipinski definition) is 9. The number of rotatable bonds is 8. The number of dihydropyridines is 1. The molecule has 1 N–H and O–H groups in total. The van der Waals surface area contributed by atoms with Crippen molar-refractivity contribution in [3.05, 3.63) is 40.2 Å². The molecule has 9 heteroatoms. The lowest BCUT2D eigenvalue weighted by Gasteiger charge is -2.38. The Bertz CT molecular complexity index is 1060. The number of carbonyl (C=O) groups is 3. The molecule has 0 bridgehead atoms. The highest BCUT2D eigenvalue weighted by molar-refractivity contribution is 6.12. The number of ketones is 1. The lowest BCUT2D eigenvalue weighted by atomic mass is 9.69. The maximum atomic E-state index is 13.8. The van der Waals surface area contributed by atoms with Gasteiger partial charge in [-0.05, 0) is 43.4 Å². The Morgan fingerprint density at radius 1 is 1.06 bits per heavy atom. The van der Waals surface area contributed by atoms with E-state index in [1.54, 1.807) is 19.1 Å². The van der Waals surface area contributed by atoms with Crippen molar-refractivity contribution in [1.82, 2.24) is 5.32 Å². The van der Waals surface area contributed by atoms with E-state index < -0.39 is 23.8 Å². The summed E-state index contributed by atoms with van der Waals surface area (Å²) in [6.07, 6.45) is 1.09. The van der Waals surface area contributed by atoms with Crippen LogP contribution in [0.25, 0.3) is 0 Å². The third-order valence-electron chi connectivity index (χ3n) is 6.42. The van der Waals surface area contributed by atoms with Gasteiger partial charge in [-0.1, -0.05) is 13.8 Å². The molecule has 0 unspecified atom stereocenters. The monoisotopic (exact) mass is 487 g/mol. The van der Waals surface area contributed by atoms with E-state index in [2.05, 4.69) is 5.32 Å². The molecule has 0 saturated carbocycles. The van der Waals surface area contributed by atoms with Crippen LogP contribution in [0.5, 0.6) is 17.2 Å². The van der Waals surface area contributed by atoms with Crippen LogP contribution in [0.4, 0.5) is 0 Å². The molecule has 1 aliphatic carbocycles. The van der Waals surface area contributed by atoms with Gasteiger partial charge in [0.25, 0.3) is 0 Å². The predicted octanol–water partition coefficient (Wildman–Crippen LogP) is 3.28. The zero-order valence-electron chi connectivity index (χ0n) is 21.3. The molecular weight excluding hydrogens is 454 g/mol. The van der Waals surface area contributed by atoms with Crippen LogP contribution in [-0.2, 0) is 23.9 Å². The Labute approximate surface area is 205 Å². The van der Waals surface area contributed by atoms with Crippen molar-refractivity contribution in [2.24, 2.45) is 11.8 Å². The molecule has 3 atom stereocenters. The highest BCUT2D eigenvalue weighted by Crippen LogP contribution is 2.48. The van der Waals surface area contributed by atoms with Crippen molar-refractivity contribution in [3.8, 4) is 17.2 Å². The van der Waals surface area contributed by atoms with Crippen LogP contribution < -0.4 is 19.5 Å². The van der Waals surface area contributed by atoms with Crippen LogP contribution in [0.1, 0.15) is 45.1 Å². The Hall–Kier alpha value is -3.49. The number of methoxy groups -OCH3 is 4. The van der Waals surface area contributed by atoms with E-state index in [0.29, 0.717) is 52.6 Å². The summed E-state index contributed by atoms with van der Waals surface area (Å²) < 4.78 is 26.9. The molecule has 0 amide bonds. The van der Waals surface area contributed by atoms with E-state index in [9.17, 15) is 14.4 Å². The number of carbonyl (C=O) groups excluding carboxylic acids is 3. The lowest BCUT2D eigenvalue weighted by molar-refractivity contribution is -0.151. The molecule has 0 spiro atoms. The topological polar surface area (TPSA) is 109 Å². The molecular formula is C26H33NO8. The largest absolute Gasteiger partial charge is 0.493 e. The summed E-state index contributed by atoms with van der Waals surface area (Å²) >= 11 is 0. The summed E-state index contributed by atoms with van der Waals surface area (Å²) in [5, 5.41) is 3.24. The maximum Gasteiger partial charge on any atom is 0.336 e. The smallest absolute Gasteiger partial charge is 0.336 e. The minimum Gasteiger partial charge on any atom is -0.493 e. The Morgan fingerprint density at radius 3 is 2.20 bits per heavy atom. The van der Waals surface area contributed by atoms with Gasteiger partial charge in [0.05, 0.1) is 40.6 Å². The van der Waals surface area contributed by atoms with Crippen LogP contribution in [0.2, 0.25) is 0 Å². The summed E-state index contributed by atoms with van der Waals surface area (Å²) in [5.41, 5.74) is 2.45. The quantitative estimate of drug-likeness (QED) is 0.436. The number of esters is 2. The fourth-order valence-corrected chi connectivity index (χ4v) is 4.82. The molecule has 3 rings (SSSR count). The summed E-state index contributed by atoms with van der Waals surface area (Å²) in [4.78, 5) is 39.6. The van der Waals surface area contributed by atoms with Gasteiger partial charge in [0.15, 0.2) is 17.3 Å².